The molecule has 6 atom stereocenters. The average Bonchev–Trinajstić information content (AvgIpc) is 3.45. The first-order chi connectivity index (χ1) is 16.0. The number of ether oxygens (including phenoxy) is 1. The second kappa shape index (κ2) is 7.42. The van der Waals surface area contributed by atoms with Gasteiger partial charge in [0.2, 0.25) is 0 Å². The Kier molecular flexibility index (Phi) is 4.59. The minimum atomic E-state index is -0.508. The van der Waals surface area contributed by atoms with Crippen LogP contribution < -0.4 is 0 Å². The summed E-state index contributed by atoms with van der Waals surface area (Å²) < 4.78 is 10.9. The molecule has 1 aliphatic heterocycles. The van der Waals surface area contributed by atoms with Crippen LogP contribution in [0, 0.1) is 35.5 Å². The molecule has 0 spiro atoms. The summed E-state index contributed by atoms with van der Waals surface area (Å²) in [6, 6.07) is 8.36. The SMILES string of the molecule is CCOC(=O)c1cc(-c2ccc(/C=N\N3C(=O)[C@@H]4[C@H]5C=C[C@H]([C@H]6C[C@H]56)[C@@H]4C3=O)o2)ccc1Cl. The first kappa shape index (κ1) is 20.4. The molecular formula is C25H21ClN2O5. The van der Waals surface area contributed by atoms with Gasteiger partial charge in [0.25, 0.3) is 11.8 Å². The van der Waals surface area contributed by atoms with E-state index in [9.17, 15) is 14.4 Å². The number of imide groups is 1. The monoisotopic (exact) mass is 464 g/mol. The lowest BCUT2D eigenvalue weighted by Gasteiger charge is -2.37. The highest BCUT2D eigenvalue weighted by atomic mass is 35.5. The Hall–Kier alpha value is -3.19. The lowest BCUT2D eigenvalue weighted by atomic mass is 9.63. The molecule has 168 valence electrons. The number of carbonyl (C=O) groups excluding carboxylic acids is 3. The van der Waals surface area contributed by atoms with E-state index >= 15 is 0 Å². The fraction of sp³-hybridized carbons (Fsp3) is 0.360. The molecule has 0 unspecified atom stereocenters. The lowest BCUT2D eigenvalue weighted by molar-refractivity contribution is -0.140. The standard InChI is InChI=1S/C25H21ClN2O5/c1-2-32-25(31)18-9-12(3-7-19(18)26)20-8-4-13(33-20)11-27-28-23(29)21-14-5-6-15(17-10-16(14)17)22(21)24(28)30/h3-9,11,14-17,21-22H,2,10H2,1H3/b27-11-/t14-,15+,16-,17-,21+,22-/m1/s1. The van der Waals surface area contributed by atoms with Gasteiger partial charge >= 0.3 is 5.97 Å². The fourth-order valence-electron chi connectivity index (χ4n) is 5.79. The number of carbonyl (C=O) groups is 3. The molecule has 2 bridgehead atoms. The third-order valence-electron chi connectivity index (χ3n) is 7.31. The molecule has 2 saturated carbocycles. The third-order valence-corrected chi connectivity index (χ3v) is 7.64. The van der Waals surface area contributed by atoms with Crippen molar-refractivity contribution in [2.75, 3.05) is 6.61 Å². The molecule has 7 nitrogen and oxygen atoms in total. The molecule has 33 heavy (non-hydrogen) atoms. The van der Waals surface area contributed by atoms with Crippen molar-refractivity contribution in [3.63, 3.8) is 0 Å². The predicted octanol–water partition coefficient (Wildman–Crippen LogP) is 4.16. The number of rotatable bonds is 5. The van der Waals surface area contributed by atoms with Crippen molar-refractivity contribution in [2.24, 2.45) is 40.6 Å². The Labute approximate surface area is 195 Å². The highest BCUT2D eigenvalue weighted by Gasteiger charge is 2.67. The van der Waals surface area contributed by atoms with E-state index in [1.54, 1.807) is 37.3 Å². The van der Waals surface area contributed by atoms with Gasteiger partial charge in [0.1, 0.15) is 11.5 Å². The van der Waals surface area contributed by atoms with Crippen LogP contribution in [0.3, 0.4) is 0 Å². The van der Waals surface area contributed by atoms with Gasteiger partial charge in [-0.15, -0.1) is 0 Å². The number of hydrogen-bond donors (Lipinski definition) is 0. The van der Waals surface area contributed by atoms with Crippen molar-refractivity contribution in [3.8, 4) is 11.3 Å². The second-order valence-corrected chi connectivity index (χ2v) is 9.41. The zero-order valence-corrected chi connectivity index (χ0v) is 18.6. The van der Waals surface area contributed by atoms with Crippen LogP contribution in [0.25, 0.3) is 11.3 Å². The van der Waals surface area contributed by atoms with Crippen LogP contribution in [0.4, 0.5) is 0 Å². The highest BCUT2D eigenvalue weighted by molar-refractivity contribution is 6.33. The summed E-state index contributed by atoms with van der Waals surface area (Å²) in [5.74, 6) is 0.806. The van der Waals surface area contributed by atoms with Crippen molar-refractivity contribution in [3.05, 3.63) is 58.8 Å². The smallest absolute Gasteiger partial charge is 0.339 e. The maximum atomic E-state index is 13.0. The highest BCUT2D eigenvalue weighted by Crippen LogP contribution is 2.65. The van der Waals surface area contributed by atoms with Crippen molar-refractivity contribution >= 4 is 35.6 Å². The summed E-state index contributed by atoms with van der Waals surface area (Å²) in [5, 5.41) is 5.52. The van der Waals surface area contributed by atoms with Gasteiger partial charge in [-0.1, -0.05) is 23.8 Å². The number of benzene rings is 1. The van der Waals surface area contributed by atoms with Gasteiger partial charge in [0.05, 0.1) is 35.2 Å². The van der Waals surface area contributed by atoms with Gasteiger partial charge in [0.15, 0.2) is 0 Å². The second-order valence-electron chi connectivity index (χ2n) is 9.00. The first-order valence-corrected chi connectivity index (χ1v) is 11.5. The normalized spacial score (nSPS) is 31.3. The molecule has 0 radical (unpaired) electrons. The van der Waals surface area contributed by atoms with E-state index in [4.69, 9.17) is 20.8 Å². The van der Waals surface area contributed by atoms with Gasteiger partial charge < -0.3 is 9.15 Å². The Balaban J connectivity index is 1.22. The van der Waals surface area contributed by atoms with Gasteiger partial charge in [-0.2, -0.15) is 10.1 Å². The molecule has 5 aliphatic rings. The number of halogens is 1. The summed E-state index contributed by atoms with van der Waals surface area (Å²) >= 11 is 6.13. The van der Waals surface area contributed by atoms with E-state index in [0.29, 0.717) is 33.9 Å². The van der Waals surface area contributed by atoms with Crippen LogP contribution in [0.15, 0.2) is 52.0 Å². The molecule has 1 aromatic heterocycles. The average molecular weight is 465 g/mol. The van der Waals surface area contributed by atoms with E-state index < -0.39 is 5.97 Å². The van der Waals surface area contributed by atoms with Crippen molar-refractivity contribution in [2.45, 2.75) is 13.3 Å². The largest absolute Gasteiger partial charge is 0.462 e. The Morgan fingerprint density at radius 2 is 1.85 bits per heavy atom. The number of furan rings is 1. The number of allylic oxidation sites excluding steroid dienone is 2. The summed E-state index contributed by atoms with van der Waals surface area (Å²) in [5.41, 5.74) is 0.892. The van der Waals surface area contributed by atoms with Crippen LogP contribution in [-0.4, -0.2) is 35.6 Å². The number of hydrogen-bond acceptors (Lipinski definition) is 6. The minimum absolute atomic E-state index is 0.162. The number of hydrazone groups is 1. The molecule has 2 heterocycles. The zero-order valence-electron chi connectivity index (χ0n) is 17.8. The van der Waals surface area contributed by atoms with Crippen LogP contribution in [0.1, 0.15) is 29.5 Å². The quantitative estimate of drug-likeness (QED) is 0.287. The summed E-state index contributed by atoms with van der Waals surface area (Å²) in [6.07, 6.45) is 6.77. The molecule has 2 aromatic rings. The van der Waals surface area contributed by atoms with Crippen molar-refractivity contribution < 1.29 is 23.5 Å². The van der Waals surface area contributed by atoms with Gasteiger partial charge in [0, 0.05) is 5.56 Å². The summed E-state index contributed by atoms with van der Waals surface area (Å²) in [7, 11) is 0. The topological polar surface area (TPSA) is 89.2 Å². The Bertz CT molecular complexity index is 1210. The molecule has 7 rings (SSSR count). The maximum Gasteiger partial charge on any atom is 0.339 e. The first-order valence-electron chi connectivity index (χ1n) is 11.1. The third kappa shape index (κ3) is 3.09. The lowest BCUT2D eigenvalue weighted by Crippen LogP contribution is -2.40. The molecule has 4 aliphatic carbocycles. The van der Waals surface area contributed by atoms with Gasteiger partial charge in [-0.3, -0.25) is 9.59 Å². The van der Waals surface area contributed by atoms with Crippen LogP contribution in [0.2, 0.25) is 5.02 Å². The Morgan fingerprint density at radius 1 is 1.15 bits per heavy atom. The van der Waals surface area contributed by atoms with E-state index in [2.05, 4.69) is 17.3 Å². The number of esters is 1. The molecule has 1 saturated heterocycles. The van der Waals surface area contributed by atoms with Crippen molar-refractivity contribution in [1.82, 2.24) is 5.01 Å². The molecule has 8 heteroatoms. The maximum absolute atomic E-state index is 13.0. The zero-order chi connectivity index (χ0) is 22.9. The van der Waals surface area contributed by atoms with E-state index in [0.717, 1.165) is 11.4 Å². The number of nitrogens with zero attached hydrogens (tertiary/aromatic N) is 2. The van der Waals surface area contributed by atoms with Crippen molar-refractivity contribution in [1.29, 1.82) is 0 Å². The summed E-state index contributed by atoms with van der Waals surface area (Å²) in [6.45, 7) is 1.97. The molecular weight excluding hydrogens is 444 g/mol. The summed E-state index contributed by atoms with van der Waals surface area (Å²) in [4.78, 5) is 38.1. The molecule has 0 N–H and O–H groups in total. The van der Waals surface area contributed by atoms with Gasteiger partial charge in [-0.25, -0.2) is 4.79 Å². The fourth-order valence-corrected chi connectivity index (χ4v) is 5.99. The van der Waals surface area contributed by atoms with Crippen LogP contribution >= 0.6 is 11.6 Å². The number of amides is 2. The van der Waals surface area contributed by atoms with E-state index in [1.165, 1.54) is 6.21 Å². The van der Waals surface area contributed by atoms with Crippen LogP contribution in [0.5, 0.6) is 0 Å². The van der Waals surface area contributed by atoms with Crippen LogP contribution in [-0.2, 0) is 14.3 Å². The predicted molar refractivity (Wildman–Crippen MR) is 119 cm³/mol. The minimum Gasteiger partial charge on any atom is -0.462 e. The molecule has 2 amide bonds. The van der Waals surface area contributed by atoms with Gasteiger partial charge in [-0.05, 0) is 67.3 Å². The molecule has 1 aromatic carbocycles. The molecule has 3 fully saturated rings. The Morgan fingerprint density at radius 3 is 2.52 bits per heavy atom. The van der Waals surface area contributed by atoms with E-state index in [1.807, 2.05) is 0 Å². The van der Waals surface area contributed by atoms with E-state index in [-0.39, 0.29) is 47.7 Å².